The van der Waals surface area contributed by atoms with Crippen molar-refractivity contribution in [2.24, 2.45) is 0 Å². The van der Waals surface area contributed by atoms with Gasteiger partial charge in [-0.2, -0.15) is 0 Å². The molecule has 0 aliphatic rings. The molecule has 0 amide bonds. The zero-order valence-corrected chi connectivity index (χ0v) is 13.9. The Labute approximate surface area is 134 Å². The van der Waals surface area contributed by atoms with Crippen LogP contribution in [-0.2, 0) is 0 Å². The molecule has 0 unspecified atom stereocenters. The van der Waals surface area contributed by atoms with Crippen LogP contribution in [0.25, 0.3) is 11.0 Å². The van der Waals surface area contributed by atoms with Crippen LogP contribution in [0.4, 0.5) is 5.69 Å². The summed E-state index contributed by atoms with van der Waals surface area (Å²) in [6.07, 6.45) is 0. The summed E-state index contributed by atoms with van der Waals surface area (Å²) >= 11 is 3.13. The largest absolute Gasteiger partial charge is 0.486 e. The lowest BCUT2D eigenvalue weighted by Gasteiger charge is -2.14. The van der Waals surface area contributed by atoms with Crippen LogP contribution in [0.3, 0.4) is 0 Å². The molecule has 0 fully saturated rings. The Morgan fingerprint density at radius 1 is 1.27 bits per heavy atom. The second-order valence-corrected chi connectivity index (χ2v) is 5.18. The fraction of sp³-hybridized carbons (Fsp3) is 0.357. The van der Waals surface area contributed by atoms with Crippen molar-refractivity contribution in [3.63, 3.8) is 0 Å². The number of hydrogen-bond donors (Lipinski definition) is 0. The fourth-order valence-corrected chi connectivity index (χ4v) is 2.39. The Kier molecular flexibility index (Phi) is 4.70. The molecular weight excluding hydrogens is 358 g/mol. The molecule has 1 aromatic heterocycles. The van der Waals surface area contributed by atoms with E-state index in [0.29, 0.717) is 10.9 Å². The minimum Gasteiger partial charge on any atom is -0.486 e. The Morgan fingerprint density at radius 2 is 1.86 bits per heavy atom. The van der Waals surface area contributed by atoms with Gasteiger partial charge >= 0.3 is 11.3 Å². The van der Waals surface area contributed by atoms with Gasteiger partial charge in [-0.15, -0.1) is 0 Å². The van der Waals surface area contributed by atoms with E-state index >= 15 is 0 Å². The molecular formula is C14H14BrNO6. The second kappa shape index (κ2) is 6.35. The van der Waals surface area contributed by atoms with E-state index in [1.54, 1.807) is 20.8 Å². The molecule has 8 heteroatoms. The lowest BCUT2D eigenvalue weighted by Crippen LogP contribution is -2.07. The van der Waals surface area contributed by atoms with E-state index in [1.165, 1.54) is 6.07 Å². The van der Waals surface area contributed by atoms with E-state index in [9.17, 15) is 14.9 Å². The van der Waals surface area contributed by atoms with Crippen molar-refractivity contribution >= 4 is 32.6 Å². The zero-order chi connectivity index (χ0) is 16.4. The first kappa shape index (κ1) is 16.3. The summed E-state index contributed by atoms with van der Waals surface area (Å²) < 4.78 is 16.3. The van der Waals surface area contributed by atoms with E-state index in [0.717, 1.165) is 0 Å². The van der Waals surface area contributed by atoms with Gasteiger partial charge in [-0.1, -0.05) is 0 Å². The highest BCUT2D eigenvalue weighted by Crippen LogP contribution is 2.44. The molecule has 118 valence electrons. The fourth-order valence-electron chi connectivity index (χ4n) is 2.09. The van der Waals surface area contributed by atoms with Crippen LogP contribution in [0.5, 0.6) is 11.5 Å². The minimum absolute atomic E-state index is 0.0354. The number of ether oxygens (including phenoxy) is 2. The van der Waals surface area contributed by atoms with Gasteiger partial charge < -0.3 is 13.9 Å². The average Bonchev–Trinajstić information content (AvgIpc) is 2.47. The van der Waals surface area contributed by atoms with Gasteiger partial charge in [0.05, 0.1) is 18.1 Å². The maximum atomic E-state index is 11.9. The van der Waals surface area contributed by atoms with Crippen molar-refractivity contribution in [3.8, 4) is 11.5 Å². The predicted molar refractivity (Wildman–Crippen MR) is 83.9 cm³/mol. The van der Waals surface area contributed by atoms with Gasteiger partial charge in [0.2, 0.25) is 11.5 Å². The molecule has 2 aromatic rings. The van der Waals surface area contributed by atoms with Crippen molar-refractivity contribution in [1.29, 1.82) is 0 Å². The Bertz CT molecular complexity index is 798. The van der Waals surface area contributed by atoms with E-state index < -0.39 is 10.5 Å². The third-order valence-electron chi connectivity index (χ3n) is 3.05. The van der Waals surface area contributed by atoms with Gasteiger partial charge in [0.25, 0.3) is 0 Å². The molecule has 0 bridgehead atoms. The lowest BCUT2D eigenvalue weighted by atomic mass is 10.1. The highest BCUT2D eigenvalue weighted by atomic mass is 79.9. The first-order valence-corrected chi connectivity index (χ1v) is 7.41. The van der Waals surface area contributed by atoms with Crippen molar-refractivity contribution in [1.82, 2.24) is 0 Å². The summed E-state index contributed by atoms with van der Waals surface area (Å²) in [4.78, 5) is 22.6. The molecule has 22 heavy (non-hydrogen) atoms. The number of nitro groups is 1. The molecule has 0 aliphatic carbocycles. The van der Waals surface area contributed by atoms with Gasteiger partial charge in [-0.05, 0) is 42.3 Å². The highest BCUT2D eigenvalue weighted by Gasteiger charge is 2.27. The standard InChI is InChI=1S/C14H14BrNO6/c1-4-20-12-9(16(18)19)6-8-7(3)10(15)14(17)22-11(8)13(12)21-5-2/h6H,4-5H2,1-3H3. The number of nitrogens with zero attached hydrogens (tertiary/aromatic N) is 1. The highest BCUT2D eigenvalue weighted by molar-refractivity contribution is 9.10. The van der Waals surface area contributed by atoms with Crippen molar-refractivity contribution in [2.75, 3.05) is 13.2 Å². The molecule has 1 aromatic carbocycles. The van der Waals surface area contributed by atoms with Crippen LogP contribution in [0.2, 0.25) is 0 Å². The summed E-state index contributed by atoms with van der Waals surface area (Å²) in [5, 5.41) is 11.7. The van der Waals surface area contributed by atoms with Crippen LogP contribution in [0.15, 0.2) is 19.8 Å². The molecule has 2 rings (SSSR count). The van der Waals surface area contributed by atoms with Crippen molar-refractivity contribution in [2.45, 2.75) is 20.8 Å². The summed E-state index contributed by atoms with van der Waals surface area (Å²) in [6.45, 7) is 5.56. The molecule has 7 nitrogen and oxygen atoms in total. The number of aryl methyl sites for hydroxylation is 1. The normalized spacial score (nSPS) is 10.7. The van der Waals surface area contributed by atoms with E-state index in [2.05, 4.69) is 15.9 Å². The van der Waals surface area contributed by atoms with Crippen LogP contribution >= 0.6 is 15.9 Å². The van der Waals surface area contributed by atoms with Crippen molar-refractivity contribution in [3.05, 3.63) is 36.6 Å². The van der Waals surface area contributed by atoms with Crippen molar-refractivity contribution < 1.29 is 18.8 Å². The number of fused-ring (bicyclic) bond motifs is 1. The van der Waals surface area contributed by atoms with Gasteiger partial charge in [0.15, 0.2) is 5.58 Å². The quantitative estimate of drug-likeness (QED) is 0.453. The predicted octanol–water partition coefficient (Wildman–Crippen LogP) is 3.57. The Hall–Kier alpha value is -2.09. The van der Waals surface area contributed by atoms with E-state index in [4.69, 9.17) is 13.9 Å². The second-order valence-electron chi connectivity index (χ2n) is 4.38. The first-order valence-electron chi connectivity index (χ1n) is 6.62. The van der Waals surface area contributed by atoms with Gasteiger partial charge in [-0.3, -0.25) is 10.1 Å². The molecule has 0 spiro atoms. The first-order chi connectivity index (χ1) is 10.4. The van der Waals surface area contributed by atoms with Crippen LogP contribution in [-0.4, -0.2) is 18.1 Å². The van der Waals surface area contributed by atoms with Gasteiger partial charge in [0.1, 0.15) is 4.47 Å². The number of rotatable bonds is 5. The maximum absolute atomic E-state index is 11.9. The number of hydrogen-bond acceptors (Lipinski definition) is 6. The lowest BCUT2D eigenvalue weighted by molar-refractivity contribution is -0.385. The topological polar surface area (TPSA) is 91.8 Å². The number of benzene rings is 1. The van der Waals surface area contributed by atoms with E-state index in [1.807, 2.05) is 0 Å². The van der Waals surface area contributed by atoms with Gasteiger partial charge in [-0.25, -0.2) is 4.79 Å². The Morgan fingerprint density at radius 3 is 2.41 bits per heavy atom. The molecule has 0 aliphatic heterocycles. The third kappa shape index (κ3) is 2.66. The summed E-state index contributed by atoms with van der Waals surface area (Å²) in [6, 6.07) is 1.33. The minimum atomic E-state index is -0.581. The molecule has 0 N–H and O–H groups in total. The SMILES string of the molecule is CCOc1c([N+](=O)[O-])cc2c(C)c(Br)c(=O)oc2c1OCC. The van der Waals surface area contributed by atoms with Gasteiger partial charge in [0, 0.05) is 11.5 Å². The molecule has 0 radical (unpaired) electrons. The summed E-state index contributed by atoms with van der Waals surface area (Å²) in [5.41, 5.74) is -0.135. The van der Waals surface area contributed by atoms with Crippen LogP contribution in [0, 0.1) is 17.0 Å². The number of nitro benzene ring substituents is 1. The zero-order valence-electron chi connectivity index (χ0n) is 12.3. The maximum Gasteiger partial charge on any atom is 0.351 e. The molecule has 1 heterocycles. The molecule has 0 saturated heterocycles. The smallest absolute Gasteiger partial charge is 0.351 e. The third-order valence-corrected chi connectivity index (χ3v) is 3.97. The average molecular weight is 372 g/mol. The van der Waals surface area contributed by atoms with Crippen LogP contribution < -0.4 is 15.1 Å². The Balaban J connectivity index is 2.99. The van der Waals surface area contributed by atoms with Crippen LogP contribution in [0.1, 0.15) is 19.4 Å². The monoisotopic (exact) mass is 371 g/mol. The molecule has 0 atom stereocenters. The summed E-state index contributed by atoms with van der Waals surface area (Å²) in [5.74, 6) is 0.0352. The van der Waals surface area contributed by atoms with E-state index in [-0.39, 0.29) is 40.5 Å². The number of halogens is 1. The molecule has 0 saturated carbocycles. The summed E-state index contributed by atoms with van der Waals surface area (Å²) in [7, 11) is 0.